The number of amidine groups is 1. The molecule has 0 radical (unpaired) electrons. The van der Waals surface area contributed by atoms with E-state index in [1.807, 2.05) is 0 Å². The number of nitrogens with one attached hydrogen (secondary N) is 1. The molecule has 0 amide bonds. The Morgan fingerprint density at radius 2 is 2.00 bits per heavy atom. The summed E-state index contributed by atoms with van der Waals surface area (Å²) >= 11 is 3.20. The molecule has 4 N–H and O–H groups in total. The van der Waals surface area contributed by atoms with Gasteiger partial charge in [-0.15, -0.1) is 0 Å². The zero-order chi connectivity index (χ0) is 16.3. The van der Waals surface area contributed by atoms with E-state index in [2.05, 4.69) is 26.4 Å². The molecule has 0 aromatic heterocycles. The second-order valence-electron chi connectivity index (χ2n) is 5.24. The van der Waals surface area contributed by atoms with E-state index < -0.39 is 17.2 Å². The summed E-state index contributed by atoms with van der Waals surface area (Å²) in [6, 6.07) is 3.40. The van der Waals surface area contributed by atoms with Crippen LogP contribution in [0.15, 0.2) is 27.8 Å². The molecular weight excluding hydrogens is 351 g/mol. The maximum absolute atomic E-state index is 12.7. The maximum atomic E-state index is 12.7. The van der Waals surface area contributed by atoms with Crippen molar-refractivity contribution in [2.45, 2.75) is 26.4 Å². The van der Waals surface area contributed by atoms with E-state index in [0.717, 1.165) is 12.1 Å². The zero-order valence-corrected chi connectivity index (χ0v) is 13.2. The van der Waals surface area contributed by atoms with E-state index in [4.69, 9.17) is 10.9 Å². The number of nitrogens with zero attached hydrogens (tertiary/aromatic N) is 1. The normalized spacial score (nSPS) is 13.3. The van der Waals surface area contributed by atoms with Crippen molar-refractivity contribution in [1.29, 1.82) is 0 Å². The molecule has 0 heterocycles. The molecule has 0 bridgehead atoms. The van der Waals surface area contributed by atoms with Crippen molar-refractivity contribution in [3.63, 3.8) is 0 Å². The third-order valence-corrected chi connectivity index (χ3v) is 3.85. The molecule has 4 nitrogen and oxygen atoms in total. The summed E-state index contributed by atoms with van der Waals surface area (Å²) in [6.45, 7) is 3.94. The Hall–Kier alpha value is -1.44. The van der Waals surface area contributed by atoms with Gasteiger partial charge < -0.3 is 16.3 Å². The molecule has 0 unspecified atom stereocenters. The lowest BCUT2D eigenvalue weighted by atomic mass is 9.88. The first kappa shape index (κ1) is 17.6. The fourth-order valence-corrected chi connectivity index (χ4v) is 2.00. The fraction of sp³-hybridized carbons (Fsp3) is 0.462. The average Bonchev–Trinajstić information content (AvgIpc) is 2.38. The lowest BCUT2D eigenvalue weighted by Gasteiger charge is -2.23. The third-order valence-electron chi connectivity index (χ3n) is 3.16. The van der Waals surface area contributed by atoms with Gasteiger partial charge in [-0.3, -0.25) is 0 Å². The van der Waals surface area contributed by atoms with Crippen LogP contribution >= 0.6 is 15.9 Å². The van der Waals surface area contributed by atoms with E-state index in [9.17, 15) is 13.2 Å². The smallest absolute Gasteiger partial charge is 0.409 e. The van der Waals surface area contributed by atoms with E-state index in [-0.39, 0.29) is 5.84 Å². The summed E-state index contributed by atoms with van der Waals surface area (Å²) in [5.41, 5.74) is 4.62. The van der Waals surface area contributed by atoms with Crippen molar-refractivity contribution in [3.8, 4) is 0 Å². The molecule has 8 heteroatoms. The summed E-state index contributed by atoms with van der Waals surface area (Å²) in [5.74, 6) is 0.0763. The van der Waals surface area contributed by atoms with Gasteiger partial charge in [0.15, 0.2) is 0 Å². The van der Waals surface area contributed by atoms with Crippen LogP contribution in [0.3, 0.4) is 0 Å². The van der Waals surface area contributed by atoms with E-state index in [0.29, 0.717) is 23.1 Å². The van der Waals surface area contributed by atoms with E-state index >= 15 is 0 Å². The lowest BCUT2D eigenvalue weighted by Crippen LogP contribution is -2.33. The number of nitrogens with two attached hydrogens (primary N) is 1. The fourth-order valence-electron chi connectivity index (χ4n) is 1.61. The highest BCUT2D eigenvalue weighted by Crippen LogP contribution is 2.34. The predicted octanol–water partition coefficient (Wildman–Crippen LogP) is 4.04. The Morgan fingerprint density at radius 1 is 1.38 bits per heavy atom. The molecule has 0 aliphatic rings. The van der Waals surface area contributed by atoms with Crippen LogP contribution < -0.4 is 11.1 Å². The number of hydrogen-bond donors (Lipinski definition) is 3. The zero-order valence-electron chi connectivity index (χ0n) is 11.6. The molecular formula is C13H17BrF3N3O. The molecule has 0 aliphatic carbocycles. The summed E-state index contributed by atoms with van der Waals surface area (Å²) in [5, 5.41) is 14.5. The van der Waals surface area contributed by atoms with Crippen LogP contribution in [0.25, 0.3) is 0 Å². The van der Waals surface area contributed by atoms with Crippen LogP contribution in [0.1, 0.15) is 25.8 Å². The maximum Gasteiger partial charge on any atom is 0.416 e. The minimum Gasteiger partial charge on any atom is -0.409 e. The van der Waals surface area contributed by atoms with E-state index in [1.165, 1.54) is 6.07 Å². The first-order valence-electron chi connectivity index (χ1n) is 6.16. The van der Waals surface area contributed by atoms with Crippen LogP contribution in [-0.4, -0.2) is 17.6 Å². The van der Waals surface area contributed by atoms with Crippen molar-refractivity contribution >= 4 is 27.5 Å². The van der Waals surface area contributed by atoms with Gasteiger partial charge in [-0.2, -0.15) is 13.2 Å². The van der Waals surface area contributed by atoms with Gasteiger partial charge in [0.2, 0.25) is 0 Å². The molecule has 1 aromatic carbocycles. The minimum atomic E-state index is -4.38. The van der Waals surface area contributed by atoms with Gasteiger partial charge in [0, 0.05) is 22.1 Å². The molecule has 0 aliphatic heterocycles. The summed E-state index contributed by atoms with van der Waals surface area (Å²) in [6.07, 6.45) is -3.89. The molecule has 0 atom stereocenters. The number of oxime groups is 1. The van der Waals surface area contributed by atoms with Crippen LogP contribution in [0, 0.1) is 5.41 Å². The van der Waals surface area contributed by atoms with Crippen LogP contribution in [0.4, 0.5) is 18.9 Å². The molecule has 21 heavy (non-hydrogen) atoms. The SMILES string of the molecule is CC(C)(CCNc1cc(C(F)(F)F)ccc1Br)/C(N)=N/O. The van der Waals surface area contributed by atoms with E-state index in [1.54, 1.807) is 13.8 Å². The molecule has 0 fully saturated rings. The Morgan fingerprint density at radius 3 is 2.52 bits per heavy atom. The molecule has 0 saturated carbocycles. The molecule has 1 aromatic rings. The summed E-state index contributed by atoms with van der Waals surface area (Å²) in [7, 11) is 0. The number of halogens is 4. The van der Waals surface area contributed by atoms with Crippen LogP contribution in [-0.2, 0) is 6.18 Å². The van der Waals surface area contributed by atoms with Gasteiger partial charge >= 0.3 is 6.18 Å². The Balaban J connectivity index is 2.76. The van der Waals surface area contributed by atoms with Crippen molar-refractivity contribution in [1.82, 2.24) is 0 Å². The molecule has 1 rings (SSSR count). The quantitative estimate of drug-likeness (QED) is 0.318. The molecule has 118 valence electrons. The number of alkyl halides is 3. The van der Waals surface area contributed by atoms with Gasteiger partial charge in [-0.05, 0) is 40.5 Å². The highest BCUT2D eigenvalue weighted by Gasteiger charge is 2.31. The second-order valence-corrected chi connectivity index (χ2v) is 6.09. The third kappa shape index (κ3) is 4.80. The van der Waals surface area contributed by atoms with Crippen molar-refractivity contribution in [2.24, 2.45) is 16.3 Å². The second kappa shape index (κ2) is 6.55. The minimum absolute atomic E-state index is 0.0763. The standard InChI is InChI=1S/C13H17BrF3N3O/c1-12(2,11(18)20-21)5-6-19-10-7-8(13(15,16)17)3-4-9(10)14/h3-4,7,19,21H,5-6H2,1-2H3,(H2,18,20). The van der Waals surface area contributed by atoms with Gasteiger partial charge in [-0.25, -0.2) is 0 Å². The largest absolute Gasteiger partial charge is 0.416 e. The highest BCUT2D eigenvalue weighted by molar-refractivity contribution is 9.10. The van der Waals surface area contributed by atoms with Gasteiger partial charge in [0.1, 0.15) is 5.84 Å². The first-order valence-corrected chi connectivity index (χ1v) is 6.96. The number of benzene rings is 1. The number of anilines is 1. The Bertz CT molecular complexity index is 530. The van der Waals surface area contributed by atoms with Crippen molar-refractivity contribution < 1.29 is 18.4 Å². The Labute approximate surface area is 129 Å². The van der Waals surface area contributed by atoms with Gasteiger partial charge in [0.05, 0.1) is 5.56 Å². The summed E-state index contributed by atoms with van der Waals surface area (Å²) < 4.78 is 38.5. The van der Waals surface area contributed by atoms with Crippen molar-refractivity contribution in [2.75, 3.05) is 11.9 Å². The van der Waals surface area contributed by atoms with Gasteiger partial charge in [0.25, 0.3) is 0 Å². The monoisotopic (exact) mass is 367 g/mol. The predicted molar refractivity (Wildman–Crippen MR) is 79.4 cm³/mol. The van der Waals surface area contributed by atoms with Crippen molar-refractivity contribution in [3.05, 3.63) is 28.2 Å². The summed E-state index contributed by atoms with van der Waals surface area (Å²) in [4.78, 5) is 0. The molecule has 0 saturated heterocycles. The molecule has 0 spiro atoms. The number of hydrogen-bond acceptors (Lipinski definition) is 3. The van der Waals surface area contributed by atoms with Crippen LogP contribution in [0.5, 0.6) is 0 Å². The highest BCUT2D eigenvalue weighted by atomic mass is 79.9. The Kier molecular flexibility index (Phi) is 5.49. The average molecular weight is 368 g/mol. The number of rotatable bonds is 5. The first-order chi connectivity index (χ1) is 9.58. The van der Waals surface area contributed by atoms with Gasteiger partial charge in [-0.1, -0.05) is 19.0 Å². The lowest BCUT2D eigenvalue weighted by molar-refractivity contribution is -0.137. The van der Waals surface area contributed by atoms with Crippen LogP contribution in [0.2, 0.25) is 0 Å². The topological polar surface area (TPSA) is 70.6 Å².